The third-order valence-electron chi connectivity index (χ3n) is 2.92. The number of carbonyl (C=O) groups is 1. The molecule has 0 aromatic heterocycles. The minimum absolute atomic E-state index is 0.0258. The number of rotatable bonds is 7. The van der Waals surface area contributed by atoms with Gasteiger partial charge in [0, 0.05) is 13.0 Å². The van der Waals surface area contributed by atoms with Crippen LogP contribution in [0.15, 0.2) is 0 Å². The first kappa shape index (κ1) is 16.3. The van der Waals surface area contributed by atoms with E-state index in [1.165, 1.54) is 0 Å². The highest BCUT2D eigenvalue weighted by Crippen LogP contribution is 2.22. The standard InChI is InChI=1S/C11H20O8/c12-5-6-8(15)9(16)10(17)11(19-6)18-4-2-1-3-7(13)14/h6,8-12,15-17H,1-5H2,(H,13,14)/t6?,8-,9?,10-,11+/m0/s1. The first-order chi connectivity index (χ1) is 8.97. The molecule has 0 bridgehead atoms. The maximum atomic E-state index is 10.3. The monoisotopic (exact) mass is 280 g/mol. The molecule has 2 unspecified atom stereocenters. The van der Waals surface area contributed by atoms with Crippen molar-refractivity contribution >= 4 is 5.97 Å². The average molecular weight is 280 g/mol. The molecule has 1 saturated heterocycles. The molecule has 1 rings (SSSR count). The Morgan fingerprint density at radius 1 is 1.11 bits per heavy atom. The minimum atomic E-state index is -1.46. The molecule has 1 aliphatic heterocycles. The topological polar surface area (TPSA) is 137 Å². The SMILES string of the molecule is O=C(O)CCCCO[C@@H]1OC(CO)[C@H](O)C(O)[C@@H]1O. The molecule has 112 valence electrons. The molecule has 0 aromatic carbocycles. The summed E-state index contributed by atoms with van der Waals surface area (Å²) >= 11 is 0. The van der Waals surface area contributed by atoms with Crippen molar-refractivity contribution in [2.75, 3.05) is 13.2 Å². The van der Waals surface area contributed by atoms with E-state index >= 15 is 0 Å². The highest BCUT2D eigenvalue weighted by atomic mass is 16.7. The minimum Gasteiger partial charge on any atom is -0.481 e. The van der Waals surface area contributed by atoms with Crippen LogP contribution in [0.1, 0.15) is 19.3 Å². The second kappa shape index (κ2) is 7.73. The first-order valence-corrected chi connectivity index (χ1v) is 6.11. The maximum Gasteiger partial charge on any atom is 0.303 e. The molecular formula is C11H20O8. The van der Waals surface area contributed by atoms with E-state index in [4.69, 9.17) is 19.7 Å². The van der Waals surface area contributed by atoms with Crippen LogP contribution in [0.5, 0.6) is 0 Å². The van der Waals surface area contributed by atoms with Crippen molar-refractivity contribution < 1.29 is 39.8 Å². The number of aliphatic hydroxyl groups is 4. The van der Waals surface area contributed by atoms with Crippen molar-refractivity contribution in [3.05, 3.63) is 0 Å². The molecule has 1 aliphatic rings. The van der Waals surface area contributed by atoms with E-state index in [1.54, 1.807) is 0 Å². The second-order valence-corrected chi connectivity index (χ2v) is 4.42. The molecule has 8 nitrogen and oxygen atoms in total. The molecule has 8 heteroatoms. The van der Waals surface area contributed by atoms with Gasteiger partial charge in [0.2, 0.25) is 0 Å². The predicted octanol–water partition coefficient (Wildman–Crippen LogP) is -1.94. The van der Waals surface area contributed by atoms with Gasteiger partial charge in [-0.25, -0.2) is 0 Å². The molecule has 0 amide bonds. The third kappa shape index (κ3) is 4.68. The Morgan fingerprint density at radius 3 is 2.37 bits per heavy atom. The van der Waals surface area contributed by atoms with Crippen LogP contribution in [0, 0.1) is 0 Å². The predicted molar refractivity (Wildman–Crippen MR) is 61.2 cm³/mol. The molecule has 0 radical (unpaired) electrons. The fourth-order valence-corrected chi connectivity index (χ4v) is 1.78. The second-order valence-electron chi connectivity index (χ2n) is 4.42. The Bertz CT molecular complexity index is 282. The number of unbranched alkanes of at least 4 members (excludes halogenated alkanes) is 1. The summed E-state index contributed by atoms with van der Waals surface area (Å²) in [5, 5.41) is 46.1. The summed E-state index contributed by atoms with van der Waals surface area (Å²) in [4.78, 5) is 10.3. The summed E-state index contributed by atoms with van der Waals surface area (Å²) in [6, 6.07) is 0. The fourth-order valence-electron chi connectivity index (χ4n) is 1.78. The van der Waals surface area contributed by atoms with Gasteiger partial charge in [-0.1, -0.05) is 0 Å². The Hall–Kier alpha value is -0.770. The van der Waals surface area contributed by atoms with Gasteiger partial charge in [-0.3, -0.25) is 4.79 Å². The van der Waals surface area contributed by atoms with E-state index in [0.717, 1.165) is 0 Å². The van der Waals surface area contributed by atoms with Crippen molar-refractivity contribution in [2.45, 2.75) is 50.0 Å². The lowest BCUT2D eigenvalue weighted by Crippen LogP contribution is -2.59. The normalized spacial score (nSPS) is 35.3. The van der Waals surface area contributed by atoms with E-state index in [-0.39, 0.29) is 13.0 Å². The summed E-state index contributed by atoms with van der Waals surface area (Å²) in [6.45, 7) is -0.361. The molecule has 0 saturated carbocycles. The average Bonchev–Trinajstić information content (AvgIpc) is 2.37. The van der Waals surface area contributed by atoms with E-state index < -0.39 is 43.3 Å². The zero-order valence-electron chi connectivity index (χ0n) is 10.4. The highest BCUT2D eigenvalue weighted by Gasteiger charge is 2.43. The lowest BCUT2D eigenvalue weighted by atomic mass is 9.99. The lowest BCUT2D eigenvalue weighted by molar-refractivity contribution is -0.301. The summed E-state index contributed by atoms with van der Waals surface area (Å²) in [6.07, 6.45) is -5.53. The van der Waals surface area contributed by atoms with Crippen LogP contribution in [0.4, 0.5) is 0 Å². The third-order valence-corrected chi connectivity index (χ3v) is 2.92. The highest BCUT2D eigenvalue weighted by molar-refractivity contribution is 5.66. The Morgan fingerprint density at radius 2 is 1.79 bits per heavy atom. The molecule has 1 fully saturated rings. The van der Waals surface area contributed by atoms with Crippen LogP contribution < -0.4 is 0 Å². The van der Waals surface area contributed by atoms with Crippen LogP contribution in [-0.2, 0) is 14.3 Å². The zero-order chi connectivity index (χ0) is 14.4. The summed E-state index contributed by atoms with van der Waals surface area (Å²) in [5.41, 5.74) is 0. The summed E-state index contributed by atoms with van der Waals surface area (Å²) in [5.74, 6) is -0.896. The number of carboxylic acid groups (broad SMARTS) is 1. The largest absolute Gasteiger partial charge is 0.481 e. The molecule has 0 aliphatic carbocycles. The van der Waals surface area contributed by atoms with Crippen LogP contribution in [0.25, 0.3) is 0 Å². The smallest absolute Gasteiger partial charge is 0.303 e. The summed E-state index contributed by atoms with van der Waals surface area (Å²) < 4.78 is 10.3. The molecule has 0 aromatic rings. The Balaban J connectivity index is 2.33. The molecule has 19 heavy (non-hydrogen) atoms. The van der Waals surface area contributed by atoms with Crippen LogP contribution in [0.2, 0.25) is 0 Å². The van der Waals surface area contributed by atoms with Gasteiger partial charge in [0.25, 0.3) is 0 Å². The molecule has 5 N–H and O–H groups in total. The fraction of sp³-hybridized carbons (Fsp3) is 0.909. The van der Waals surface area contributed by atoms with Gasteiger partial charge in [-0.15, -0.1) is 0 Å². The van der Waals surface area contributed by atoms with Gasteiger partial charge in [0.1, 0.15) is 24.4 Å². The van der Waals surface area contributed by atoms with Gasteiger partial charge < -0.3 is 35.0 Å². The van der Waals surface area contributed by atoms with Crippen molar-refractivity contribution in [1.82, 2.24) is 0 Å². The maximum absolute atomic E-state index is 10.3. The summed E-state index contributed by atoms with van der Waals surface area (Å²) in [7, 11) is 0. The zero-order valence-corrected chi connectivity index (χ0v) is 10.4. The molecule has 0 spiro atoms. The van der Waals surface area contributed by atoms with Crippen molar-refractivity contribution in [2.24, 2.45) is 0 Å². The van der Waals surface area contributed by atoms with Crippen molar-refractivity contribution in [1.29, 1.82) is 0 Å². The van der Waals surface area contributed by atoms with Gasteiger partial charge in [0.05, 0.1) is 6.61 Å². The Labute approximate surface area is 110 Å². The number of aliphatic carboxylic acids is 1. The van der Waals surface area contributed by atoms with E-state index in [0.29, 0.717) is 12.8 Å². The number of hydrogen-bond acceptors (Lipinski definition) is 7. The van der Waals surface area contributed by atoms with Crippen LogP contribution in [-0.4, -0.2) is 75.4 Å². The molecule has 1 heterocycles. The number of aliphatic hydroxyl groups excluding tert-OH is 4. The van der Waals surface area contributed by atoms with E-state index in [2.05, 4.69) is 0 Å². The van der Waals surface area contributed by atoms with Crippen LogP contribution in [0.3, 0.4) is 0 Å². The molecular weight excluding hydrogens is 260 g/mol. The number of hydrogen-bond donors (Lipinski definition) is 5. The van der Waals surface area contributed by atoms with Gasteiger partial charge >= 0.3 is 5.97 Å². The Kier molecular flexibility index (Phi) is 6.63. The lowest BCUT2D eigenvalue weighted by Gasteiger charge is -2.39. The first-order valence-electron chi connectivity index (χ1n) is 6.11. The van der Waals surface area contributed by atoms with Crippen molar-refractivity contribution in [3.63, 3.8) is 0 Å². The number of carboxylic acids is 1. The quantitative estimate of drug-likeness (QED) is 0.340. The van der Waals surface area contributed by atoms with E-state index in [9.17, 15) is 20.1 Å². The van der Waals surface area contributed by atoms with E-state index in [1.807, 2.05) is 0 Å². The van der Waals surface area contributed by atoms with Gasteiger partial charge in [-0.05, 0) is 12.8 Å². The van der Waals surface area contributed by atoms with Crippen LogP contribution >= 0.6 is 0 Å². The van der Waals surface area contributed by atoms with Crippen molar-refractivity contribution in [3.8, 4) is 0 Å². The van der Waals surface area contributed by atoms with Gasteiger partial charge in [-0.2, -0.15) is 0 Å². The molecule has 5 atom stereocenters. The number of ether oxygens (including phenoxy) is 2. The van der Waals surface area contributed by atoms with Gasteiger partial charge in [0.15, 0.2) is 6.29 Å².